The Morgan fingerprint density at radius 1 is 0.968 bits per heavy atom. The van der Waals surface area contributed by atoms with Gasteiger partial charge in [0.05, 0.1) is 31.0 Å². The van der Waals surface area contributed by atoms with Crippen molar-refractivity contribution in [3.63, 3.8) is 0 Å². The number of carbonyl (C=O) groups is 1. The first kappa shape index (κ1) is 20.4. The lowest BCUT2D eigenvalue weighted by molar-refractivity contribution is 0.102. The Hall–Kier alpha value is -3.84. The second-order valence-electron chi connectivity index (χ2n) is 6.61. The maximum atomic E-state index is 13.2. The molecule has 31 heavy (non-hydrogen) atoms. The molecule has 0 radical (unpaired) electrons. The number of halogens is 1. The van der Waals surface area contributed by atoms with Crippen LogP contribution < -0.4 is 20.3 Å². The lowest BCUT2D eigenvalue weighted by atomic mass is 10.1. The Balaban J connectivity index is 1.83. The summed E-state index contributed by atoms with van der Waals surface area (Å²) in [7, 11) is 3.04. The number of anilines is 1. The third kappa shape index (κ3) is 3.95. The summed E-state index contributed by atoms with van der Waals surface area (Å²) in [6.07, 6.45) is 0. The molecule has 0 fully saturated rings. The molecule has 0 aliphatic rings. The van der Waals surface area contributed by atoms with Gasteiger partial charge in [0.1, 0.15) is 11.5 Å². The van der Waals surface area contributed by atoms with Crippen molar-refractivity contribution in [2.45, 2.75) is 0 Å². The summed E-state index contributed by atoms with van der Waals surface area (Å²) in [5.41, 5.74) is 0.708. The van der Waals surface area contributed by atoms with Gasteiger partial charge in [0.2, 0.25) is 0 Å². The van der Waals surface area contributed by atoms with Gasteiger partial charge in [-0.05, 0) is 42.5 Å². The van der Waals surface area contributed by atoms with Crippen molar-refractivity contribution in [3.05, 3.63) is 87.8 Å². The fourth-order valence-electron chi connectivity index (χ4n) is 3.20. The van der Waals surface area contributed by atoms with E-state index in [1.807, 2.05) is 0 Å². The minimum Gasteiger partial charge on any atom is -0.497 e. The highest BCUT2D eigenvalue weighted by Gasteiger charge is 2.19. The second kappa shape index (κ2) is 8.49. The molecule has 4 rings (SSSR count). The first-order valence-electron chi connectivity index (χ1n) is 9.33. The molecule has 3 aromatic carbocycles. The first-order valence-corrected chi connectivity index (χ1v) is 9.71. The van der Waals surface area contributed by atoms with E-state index in [1.165, 1.54) is 11.8 Å². The fraction of sp³-hybridized carbons (Fsp3) is 0.0870. The zero-order valence-corrected chi connectivity index (χ0v) is 17.5. The summed E-state index contributed by atoms with van der Waals surface area (Å²) >= 11 is 5.96. The van der Waals surface area contributed by atoms with Crippen molar-refractivity contribution >= 4 is 34.0 Å². The molecule has 8 heteroatoms. The highest BCUT2D eigenvalue weighted by Crippen LogP contribution is 2.29. The number of aromatic nitrogens is 2. The van der Waals surface area contributed by atoms with Crippen LogP contribution in [-0.2, 0) is 0 Å². The van der Waals surface area contributed by atoms with Gasteiger partial charge in [-0.3, -0.25) is 9.59 Å². The Kier molecular flexibility index (Phi) is 5.60. The van der Waals surface area contributed by atoms with Crippen molar-refractivity contribution in [2.24, 2.45) is 0 Å². The number of hydrogen-bond acceptors (Lipinski definition) is 5. The molecule has 1 heterocycles. The standard InChI is InChI=1S/C23H18ClN3O4/c1-30-16-11-12-19(20(13-16)31-2)25-22(28)21-17-5-3-4-6-18(17)23(29)27(26-21)15-9-7-14(24)8-10-15/h3-13H,1-2H3,(H,25,28). The molecule has 1 aromatic heterocycles. The van der Waals surface area contributed by atoms with E-state index in [4.69, 9.17) is 21.1 Å². The summed E-state index contributed by atoms with van der Waals surface area (Å²) in [6, 6.07) is 18.5. The number of carbonyl (C=O) groups excluding carboxylic acids is 1. The predicted molar refractivity (Wildman–Crippen MR) is 120 cm³/mol. The zero-order chi connectivity index (χ0) is 22.0. The number of benzene rings is 3. The van der Waals surface area contributed by atoms with Gasteiger partial charge in [-0.1, -0.05) is 29.8 Å². The monoisotopic (exact) mass is 435 g/mol. The molecule has 0 atom stereocenters. The Morgan fingerprint density at radius 3 is 2.35 bits per heavy atom. The summed E-state index contributed by atoms with van der Waals surface area (Å²) in [5.74, 6) is 0.542. The molecule has 4 aromatic rings. The number of rotatable bonds is 5. The lowest BCUT2D eigenvalue weighted by Crippen LogP contribution is -2.26. The van der Waals surface area contributed by atoms with Gasteiger partial charge in [-0.25, -0.2) is 0 Å². The second-order valence-corrected chi connectivity index (χ2v) is 7.04. The van der Waals surface area contributed by atoms with Crippen LogP contribution in [0.3, 0.4) is 0 Å². The topological polar surface area (TPSA) is 82.5 Å². The van der Waals surface area contributed by atoms with E-state index in [0.717, 1.165) is 0 Å². The number of fused-ring (bicyclic) bond motifs is 1. The van der Waals surface area contributed by atoms with E-state index >= 15 is 0 Å². The van der Waals surface area contributed by atoms with Crippen LogP contribution in [0, 0.1) is 0 Å². The minimum atomic E-state index is -0.484. The van der Waals surface area contributed by atoms with Crippen LogP contribution in [0.1, 0.15) is 10.5 Å². The van der Waals surface area contributed by atoms with E-state index in [9.17, 15) is 9.59 Å². The summed E-state index contributed by atoms with van der Waals surface area (Å²) in [5, 5.41) is 8.53. The van der Waals surface area contributed by atoms with Gasteiger partial charge < -0.3 is 14.8 Å². The highest BCUT2D eigenvalue weighted by molar-refractivity contribution is 6.30. The van der Waals surface area contributed by atoms with Crippen molar-refractivity contribution in [1.82, 2.24) is 9.78 Å². The number of ether oxygens (including phenoxy) is 2. The zero-order valence-electron chi connectivity index (χ0n) is 16.8. The molecule has 0 bridgehead atoms. The molecule has 0 unspecified atom stereocenters. The van der Waals surface area contributed by atoms with Crippen molar-refractivity contribution in [1.29, 1.82) is 0 Å². The number of amides is 1. The number of methoxy groups -OCH3 is 2. The van der Waals surface area contributed by atoms with E-state index in [-0.39, 0.29) is 11.3 Å². The molecule has 0 aliphatic heterocycles. The first-order chi connectivity index (χ1) is 15.0. The Bertz CT molecular complexity index is 1330. The summed E-state index contributed by atoms with van der Waals surface area (Å²) < 4.78 is 11.7. The maximum absolute atomic E-state index is 13.2. The van der Waals surface area contributed by atoms with Crippen LogP contribution in [0.15, 0.2) is 71.5 Å². The van der Waals surface area contributed by atoms with Gasteiger partial charge in [0.25, 0.3) is 11.5 Å². The van der Waals surface area contributed by atoms with E-state index in [2.05, 4.69) is 10.4 Å². The third-order valence-electron chi connectivity index (χ3n) is 4.75. The molecule has 156 valence electrons. The average molecular weight is 436 g/mol. The normalized spacial score (nSPS) is 10.7. The molecular formula is C23H18ClN3O4. The maximum Gasteiger partial charge on any atom is 0.279 e. The van der Waals surface area contributed by atoms with Crippen LogP contribution in [0.4, 0.5) is 5.69 Å². The molecule has 1 amide bonds. The predicted octanol–water partition coefficient (Wildman–Crippen LogP) is 4.31. The van der Waals surface area contributed by atoms with Crippen LogP contribution >= 0.6 is 11.6 Å². The molecule has 0 saturated heterocycles. The van der Waals surface area contributed by atoms with Crippen LogP contribution in [-0.4, -0.2) is 29.9 Å². The molecule has 1 N–H and O–H groups in total. The average Bonchev–Trinajstić information content (AvgIpc) is 2.80. The van der Waals surface area contributed by atoms with Crippen LogP contribution in [0.5, 0.6) is 11.5 Å². The number of nitrogens with zero attached hydrogens (tertiary/aromatic N) is 2. The van der Waals surface area contributed by atoms with E-state index in [1.54, 1.807) is 73.8 Å². The Morgan fingerprint density at radius 2 is 1.68 bits per heavy atom. The highest BCUT2D eigenvalue weighted by atomic mass is 35.5. The molecule has 0 spiro atoms. The van der Waals surface area contributed by atoms with Gasteiger partial charge in [-0.2, -0.15) is 9.78 Å². The van der Waals surface area contributed by atoms with Crippen molar-refractivity contribution in [2.75, 3.05) is 19.5 Å². The van der Waals surface area contributed by atoms with Gasteiger partial charge >= 0.3 is 0 Å². The summed E-state index contributed by atoms with van der Waals surface area (Å²) in [6.45, 7) is 0. The number of hydrogen-bond donors (Lipinski definition) is 1. The van der Waals surface area contributed by atoms with E-state index < -0.39 is 5.91 Å². The SMILES string of the molecule is COc1ccc(NC(=O)c2nn(-c3ccc(Cl)cc3)c(=O)c3ccccc23)c(OC)c1. The third-order valence-corrected chi connectivity index (χ3v) is 5.00. The van der Waals surface area contributed by atoms with Gasteiger partial charge in [-0.15, -0.1) is 0 Å². The molecule has 0 saturated carbocycles. The van der Waals surface area contributed by atoms with Gasteiger partial charge in [0, 0.05) is 16.5 Å². The molecule has 0 aliphatic carbocycles. The lowest BCUT2D eigenvalue weighted by Gasteiger charge is -2.14. The minimum absolute atomic E-state index is 0.100. The summed E-state index contributed by atoms with van der Waals surface area (Å²) in [4.78, 5) is 26.2. The van der Waals surface area contributed by atoms with Crippen molar-refractivity contribution in [3.8, 4) is 17.2 Å². The largest absolute Gasteiger partial charge is 0.497 e. The quantitative estimate of drug-likeness (QED) is 0.505. The number of nitrogens with one attached hydrogen (secondary N) is 1. The van der Waals surface area contributed by atoms with Crippen LogP contribution in [0.25, 0.3) is 16.5 Å². The van der Waals surface area contributed by atoms with Gasteiger partial charge in [0.15, 0.2) is 5.69 Å². The fourth-order valence-corrected chi connectivity index (χ4v) is 3.32. The van der Waals surface area contributed by atoms with Crippen LogP contribution in [0.2, 0.25) is 5.02 Å². The smallest absolute Gasteiger partial charge is 0.279 e. The molecular weight excluding hydrogens is 418 g/mol. The Labute approximate surface area is 182 Å². The van der Waals surface area contributed by atoms with E-state index in [0.29, 0.717) is 38.7 Å². The van der Waals surface area contributed by atoms with Crippen molar-refractivity contribution < 1.29 is 14.3 Å². The molecule has 7 nitrogen and oxygen atoms in total.